The van der Waals surface area contributed by atoms with Crippen molar-refractivity contribution in [1.82, 2.24) is 4.98 Å². The molecule has 0 aliphatic carbocycles. The molecule has 0 aliphatic heterocycles. The van der Waals surface area contributed by atoms with Gasteiger partial charge >= 0.3 is 0 Å². The summed E-state index contributed by atoms with van der Waals surface area (Å²) in [4.78, 5) is 26.6. The van der Waals surface area contributed by atoms with Crippen molar-refractivity contribution in [3.8, 4) is 0 Å². The molecule has 24 heavy (non-hydrogen) atoms. The predicted molar refractivity (Wildman–Crippen MR) is 97.7 cm³/mol. The molecule has 0 aliphatic rings. The number of fused-ring (bicyclic) bond motifs is 1. The molecule has 1 heterocycles. The lowest BCUT2D eigenvalue weighted by Gasteiger charge is -2.07. The van der Waals surface area contributed by atoms with Gasteiger partial charge in [-0.2, -0.15) is 0 Å². The fraction of sp³-hybridized carbons (Fsp3) is 0.158. The van der Waals surface area contributed by atoms with Crippen LogP contribution in [0.2, 0.25) is 5.02 Å². The van der Waals surface area contributed by atoms with Gasteiger partial charge in [-0.05, 0) is 60.7 Å². The maximum Gasteiger partial charge on any atom is 0.251 e. The first-order chi connectivity index (χ1) is 11.5. The minimum Gasteiger partial charge on any atom is -0.326 e. The maximum atomic E-state index is 12.0. The number of halogens is 1. The van der Waals surface area contributed by atoms with Gasteiger partial charge in [-0.25, -0.2) is 0 Å². The van der Waals surface area contributed by atoms with E-state index >= 15 is 0 Å². The smallest absolute Gasteiger partial charge is 0.251 e. The van der Waals surface area contributed by atoms with Crippen molar-refractivity contribution >= 4 is 34.1 Å². The highest BCUT2D eigenvalue weighted by Gasteiger charge is 2.05. The second-order valence-electron chi connectivity index (χ2n) is 5.76. The molecule has 0 saturated carbocycles. The van der Waals surface area contributed by atoms with Crippen molar-refractivity contribution in [1.29, 1.82) is 0 Å². The van der Waals surface area contributed by atoms with Gasteiger partial charge < -0.3 is 10.3 Å². The van der Waals surface area contributed by atoms with Gasteiger partial charge in [-0.15, -0.1) is 0 Å². The molecule has 0 unspecified atom stereocenters. The molecule has 122 valence electrons. The number of nitrogens with one attached hydrogen (secondary N) is 2. The highest BCUT2D eigenvalue weighted by Crippen LogP contribution is 2.16. The third-order valence-electron chi connectivity index (χ3n) is 3.86. The van der Waals surface area contributed by atoms with Gasteiger partial charge in [0, 0.05) is 28.2 Å². The van der Waals surface area contributed by atoms with Gasteiger partial charge in [0.15, 0.2) is 0 Å². The molecular weight excluding hydrogens is 324 g/mol. The first-order valence-electron chi connectivity index (χ1n) is 7.69. The Hall–Kier alpha value is -2.59. The third-order valence-corrected chi connectivity index (χ3v) is 4.12. The molecule has 3 rings (SSSR count). The molecule has 0 saturated heterocycles. The third kappa shape index (κ3) is 3.84. The van der Waals surface area contributed by atoms with Crippen LogP contribution in [0.5, 0.6) is 0 Å². The summed E-state index contributed by atoms with van der Waals surface area (Å²) in [6.45, 7) is 1.79. The number of hydrogen-bond donors (Lipinski definition) is 2. The van der Waals surface area contributed by atoms with Crippen molar-refractivity contribution in [2.45, 2.75) is 19.8 Å². The monoisotopic (exact) mass is 340 g/mol. The van der Waals surface area contributed by atoms with E-state index in [2.05, 4.69) is 10.3 Å². The average Bonchev–Trinajstić information content (AvgIpc) is 2.56. The number of rotatable bonds is 4. The normalized spacial score (nSPS) is 10.8. The van der Waals surface area contributed by atoms with Crippen LogP contribution in [0.25, 0.3) is 10.9 Å². The number of carbonyl (C=O) groups excluding carboxylic acids is 1. The number of aryl methyl sites for hydroxylation is 2. The molecule has 0 fully saturated rings. The quantitative estimate of drug-likeness (QED) is 0.752. The molecular formula is C19H17ClN2O2. The summed E-state index contributed by atoms with van der Waals surface area (Å²) >= 11 is 5.82. The van der Waals surface area contributed by atoms with Crippen molar-refractivity contribution in [2.75, 3.05) is 5.32 Å². The van der Waals surface area contributed by atoms with E-state index in [1.165, 1.54) is 0 Å². The number of amides is 1. The van der Waals surface area contributed by atoms with E-state index < -0.39 is 0 Å². The van der Waals surface area contributed by atoms with Crippen LogP contribution in [-0.2, 0) is 11.2 Å². The van der Waals surface area contributed by atoms with Crippen LogP contribution >= 0.6 is 11.6 Å². The Morgan fingerprint density at radius 1 is 1.12 bits per heavy atom. The molecule has 5 heteroatoms. The van der Waals surface area contributed by atoms with Gasteiger partial charge in [0.1, 0.15) is 0 Å². The first-order valence-corrected chi connectivity index (χ1v) is 8.07. The van der Waals surface area contributed by atoms with Gasteiger partial charge in [-0.1, -0.05) is 23.7 Å². The molecule has 0 spiro atoms. The summed E-state index contributed by atoms with van der Waals surface area (Å²) in [7, 11) is 0. The molecule has 1 amide bonds. The Balaban J connectivity index is 1.66. The Labute approximate surface area is 144 Å². The summed E-state index contributed by atoms with van der Waals surface area (Å²) in [5.41, 5.74) is 3.13. The molecule has 1 aromatic heterocycles. The van der Waals surface area contributed by atoms with E-state index in [9.17, 15) is 9.59 Å². The van der Waals surface area contributed by atoms with Crippen LogP contribution in [-0.4, -0.2) is 10.9 Å². The van der Waals surface area contributed by atoms with Crippen LogP contribution in [0.4, 0.5) is 5.69 Å². The molecule has 3 aromatic rings. The van der Waals surface area contributed by atoms with Gasteiger partial charge in [0.25, 0.3) is 5.56 Å². The van der Waals surface area contributed by atoms with E-state index in [1.807, 2.05) is 24.3 Å². The lowest BCUT2D eigenvalue weighted by Crippen LogP contribution is -2.12. The lowest BCUT2D eigenvalue weighted by molar-refractivity contribution is -0.116. The van der Waals surface area contributed by atoms with Crippen LogP contribution in [0.3, 0.4) is 0 Å². The number of carbonyl (C=O) groups is 1. The van der Waals surface area contributed by atoms with Crippen LogP contribution in [0.1, 0.15) is 17.5 Å². The highest BCUT2D eigenvalue weighted by atomic mass is 35.5. The fourth-order valence-electron chi connectivity index (χ4n) is 2.53. The minimum absolute atomic E-state index is 0.0604. The van der Waals surface area contributed by atoms with Gasteiger partial charge in [0.2, 0.25) is 5.91 Å². The van der Waals surface area contributed by atoms with Crippen LogP contribution < -0.4 is 10.9 Å². The number of H-pyrrole nitrogens is 1. The number of aromatic amines is 1. The van der Waals surface area contributed by atoms with E-state index in [-0.39, 0.29) is 11.5 Å². The highest BCUT2D eigenvalue weighted by molar-refractivity contribution is 6.30. The Kier molecular flexibility index (Phi) is 4.67. The molecule has 4 nitrogen and oxygen atoms in total. The van der Waals surface area contributed by atoms with E-state index in [0.29, 0.717) is 23.4 Å². The zero-order chi connectivity index (χ0) is 17.1. The Morgan fingerprint density at radius 3 is 2.62 bits per heavy atom. The average molecular weight is 341 g/mol. The van der Waals surface area contributed by atoms with E-state index in [1.54, 1.807) is 31.2 Å². The van der Waals surface area contributed by atoms with Crippen molar-refractivity contribution < 1.29 is 4.79 Å². The van der Waals surface area contributed by atoms with E-state index in [4.69, 9.17) is 11.6 Å². The number of pyridine rings is 1. The van der Waals surface area contributed by atoms with Crippen molar-refractivity contribution in [2.24, 2.45) is 0 Å². The van der Waals surface area contributed by atoms with Crippen molar-refractivity contribution in [3.05, 3.63) is 75.0 Å². The summed E-state index contributed by atoms with van der Waals surface area (Å²) in [5, 5.41) is 4.46. The first kappa shape index (κ1) is 16.3. The van der Waals surface area contributed by atoms with Crippen molar-refractivity contribution in [3.63, 3.8) is 0 Å². The lowest BCUT2D eigenvalue weighted by atomic mass is 10.1. The maximum absolute atomic E-state index is 12.0. The SMILES string of the molecule is Cc1cc2ccc(CCC(=O)Nc3ccc(Cl)cc3)cc2[nH]c1=O. The zero-order valence-corrected chi connectivity index (χ0v) is 14.0. The second kappa shape index (κ2) is 6.89. The molecule has 0 atom stereocenters. The van der Waals surface area contributed by atoms with E-state index in [0.717, 1.165) is 22.2 Å². The van der Waals surface area contributed by atoms with Crippen LogP contribution in [0.15, 0.2) is 53.3 Å². The standard InChI is InChI=1S/C19H17ClN2O2/c1-12-10-14-4-2-13(11-17(14)22-19(12)24)3-9-18(23)21-16-7-5-15(20)6-8-16/h2,4-8,10-11H,3,9H2,1H3,(H,21,23)(H,22,24). The largest absolute Gasteiger partial charge is 0.326 e. The number of anilines is 1. The molecule has 0 bridgehead atoms. The summed E-state index contributed by atoms with van der Waals surface area (Å²) < 4.78 is 0. The van der Waals surface area contributed by atoms with Gasteiger partial charge in [-0.3, -0.25) is 9.59 Å². The minimum atomic E-state index is -0.0832. The fourth-order valence-corrected chi connectivity index (χ4v) is 2.65. The zero-order valence-electron chi connectivity index (χ0n) is 13.2. The molecule has 2 N–H and O–H groups in total. The van der Waals surface area contributed by atoms with Crippen LogP contribution in [0, 0.1) is 6.92 Å². The Bertz CT molecular complexity index is 946. The van der Waals surface area contributed by atoms with Gasteiger partial charge in [0.05, 0.1) is 0 Å². The number of hydrogen-bond acceptors (Lipinski definition) is 2. The molecule has 0 radical (unpaired) electrons. The summed E-state index contributed by atoms with van der Waals surface area (Å²) in [5.74, 6) is -0.0604. The molecule has 2 aromatic carbocycles. The second-order valence-corrected chi connectivity index (χ2v) is 6.19. The topological polar surface area (TPSA) is 62.0 Å². The number of benzene rings is 2. The summed E-state index contributed by atoms with van der Waals surface area (Å²) in [6.07, 6.45) is 0.968. The predicted octanol–water partition coefficient (Wildman–Crippen LogP) is 4.06. The number of aromatic nitrogens is 1. The Morgan fingerprint density at radius 2 is 1.88 bits per heavy atom. The summed E-state index contributed by atoms with van der Waals surface area (Å²) in [6, 6.07) is 14.7.